The Kier molecular flexibility index (Phi) is 6.18. The molecule has 0 spiro atoms. The molecule has 4 nitrogen and oxygen atoms in total. The Bertz CT molecular complexity index is 646. The van der Waals surface area contributed by atoms with Crippen LogP contribution in [0.4, 0.5) is 0 Å². The zero-order valence-corrected chi connectivity index (χ0v) is 16.2. The standard InChI is InChI=1S/C20H31NO3S/c1-15-7-9-17(10-8-15)20(18-11-12-18)21-25(22,23)14-16(2)13-24-19-5-3-4-6-19/h7-10,16,18-21H,3-6,11-14H2,1-2H3. The first-order valence-corrected chi connectivity index (χ1v) is 11.3. The smallest absolute Gasteiger partial charge is 0.212 e. The molecule has 25 heavy (non-hydrogen) atoms. The number of hydrogen-bond acceptors (Lipinski definition) is 3. The lowest BCUT2D eigenvalue weighted by atomic mass is 10.0. The minimum Gasteiger partial charge on any atom is -0.378 e. The molecule has 2 saturated carbocycles. The van der Waals surface area contributed by atoms with Crippen LogP contribution in [-0.2, 0) is 14.8 Å². The van der Waals surface area contributed by atoms with Crippen LogP contribution in [0.5, 0.6) is 0 Å². The van der Waals surface area contributed by atoms with E-state index in [9.17, 15) is 8.42 Å². The van der Waals surface area contributed by atoms with Gasteiger partial charge in [0.05, 0.1) is 18.5 Å². The molecule has 0 saturated heterocycles. The van der Waals surface area contributed by atoms with Gasteiger partial charge in [-0.2, -0.15) is 0 Å². The number of ether oxygens (including phenoxy) is 1. The highest BCUT2D eigenvalue weighted by Crippen LogP contribution is 2.41. The first-order chi connectivity index (χ1) is 11.9. The van der Waals surface area contributed by atoms with Crippen LogP contribution in [0.2, 0.25) is 0 Å². The Hall–Kier alpha value is -0.910. The zero-order chi connectivity index (χ0) is 17.9. The third kappa shape index (κ3) is 5.80. The van der Waals surface area contributed by atoms with Gasteiger partial charge in [0.15, 0.2) is 0 Å². The summed E-state index contributed by atoms with van der Waals surface area (Å²) in [6, 6.07) is 8.11. The van der Waals surface area contributed by atoms with Crippen molar-refractivity contribution in [1.82, 2.24) is 4.72 Å². The van der Waals surface area contributed by atoms with Crippen molar-refractivity contribution < 1.29 is 13.2 Å². The molecule has 0 aromatic heterocycles. The van der Waals surface area contributed by atoms with Gasteiger partial charge in [0.1, 0.15) is 0 Å². The first kappa shape index (κ1) is 18.9. The number of rotatable bonds is 9. The lowest BCUT2D eigenvalue weighted by molar-refractivity contribution is 0.0412. The van der Waals surface area contributed by atoms with Crippen molar-refractivity contribution in [1.29, 1.82) is 0 Å². The van der Waals surface area contributed by atoms with Crippen molar-refractivity contribution in [2.24, 2.45) is 11.8 Å². The summed E-state index contributed by atoms with van der Waals surface area (Å²) in [7, 11) is -3.32. The number of hydrogen-bond donors (Lipinski definition) is 1. The minimum absolute atomic E-state index is 0.0102. The normalized spacial score (nSPS) is 21.4. The summed E-state index contributed by atoms with van der Waals surface area (Å²) in [6.45, 7) is 4.54. The maximum absolute atomic E-state index is 12.7. The summed E-state index contributed by atoms with van der Waals surface area (Å²) in [5, 5.41) is 0. The van der Waals surface area contributed by atoms with Crippen LogP contribution in [0.15, 0.2) is 24.3 Å². The predicted molar refractivity (Wildman–Crippen MR) is 101 cm³/mol. The Labute approximate surface area is 152 Å². The van der Waals surface area contributed by atoms with Crippen LogP contribution in [0.3, 0.4) is 0 Å². The number of aryl methyl sites for hydroxylation is 1. The fourth-order valence-electron chi connectivity index (χ4n) is 3.66. The molecule has 2 fully saturated rings. The summed E-state index contributed by atoms with van der Waals surface area (Å²) in [5.74, 6) is 0.577. The molecular weight excluding hydrogens is 334 g/mol. The third-order valence-electron chi connectivity index (χ3n) is 5.26. The van der Waals surface area contributed by atoms with Crippen molar-refractivity contribution in [3.8, 4) is 0 Å². The van der Waals surface area contributed by atoms with Gasteiger partial charge in [-0.3, -0.25) is 0 Å². The molecule has 1 aromatic carbocycles. The van der Waals surface area contributed by atoms with Crippen LogP contribution in [0.1, 0.15) is 62.6 Å². The molecule has 0 aliphatic heterocycles. The second kappa shape index (κ2) is 8.19. The van der Waals surface area contributed by atoms with E-state index in [0.717, 1.165) is 31.2 Å². The number of sulfonamides is 1. The lowest BCUT2D eigenvalue weighted by Crippen LogP contribution is -2.34. The van der Waals surface area contributed by atoms with Gasteiger partial charge in [0.25, 0.3) is 0 Å². The summed E-state index contributed by atoms with van der Waals surface area (Å²) >= 11 is 0. The molecule has 0 radical (unpaired) electrons. The predicted octanol–water partition coefficient (Wildman–Crippen LogP) is 3.96. The topological polar surface area (TPSA) is 55.4 Å². The summed E-state index contributed by atoms with van der Waals surface area (Å²) in [4.78, 5) is 0. The van der Waals surface area contributed by atoms with E-state index in [0.29, 0.717) is 18.6 Å². The van der Waals surface area contributed by atoms with Gasteiger partial charge in [0.2, 0.25) is 10.0 Å². The maximum atomic E-state index is 12.7. The lowest BCUT2D eigenvalue weighted by Gasteiger charge is -2.21. The van der Waals surface area contributed by atoms with Gasteiger partial charge in [-0.15, -0.1) is 0 Å². The van der Waals surface area contributed by atoms with Crippen LogP contribution in [-0.4, -0.2) is 26.9 Å². The molecule has 2 aliphatic rings. The highest BCUT2D eigenvalue weighted by atomic mass is 32.2. The average Bonchev–Trinajstić information content (AvgIpc) is 3.27. The van der Waals surface area contributed by atoms with E-state index in [2.05, 4.69) is 16.9 Å². The van der Waals surface area contributed by atoms with Crippen LogP contribution >= 0.6 is 0 Å². The zero-order valence-electron chi connectivity index (χ0n) is 15.4. The van der Waals surface area contributed by atoms with E-state index in [4.69, 9.17) is 4.74 Å². The van der Waals surface area contributed by atoms with Gasteiger partial charge in [-0.25, -0.2) is 13.1 Å². The fourth-order valence-corrected chi connectivity index (χ4v) is 5.32. The molecule has 0 amide bonds. The summed E-state index contributed by atoms with van der Waals surface area (Å²) in [5.41, 5.74) is 2.27. The van der Waals surface area contributed by atoms with E-state index >= 15 is 0 Å². The molecule has 2 aliphatic carbocycles. The van der Waals surface area contributed by atoms with Crippen LogP contribution in [0.25, 0.3) is 0 Å². The molecule has 0 bridgehead atoms. The van der Waals surface area contributed by atoms with E-state index in [1.807, 2.05) is 26.0 Å². The number of benzene rings is 1. The van der Waals surface area contributed by atoms with Crippen LogP contribution in [0, 0.1) is 18.8 Å². The molecule has 1 aromatic rings. The molecule has 140 valence electrons. The Morgan fingerprint density at radius 1 is 1.12 bits per heavy atom. The van der Waals surface area contributed by atoms with E-state index in [1.165, 1.54) is 18.4 Å². The molecule has 1 N–H and O–H groups in total. The first-order valence-electron chi connectivity index (χ1n) is 9.61. The third-order valence-corrected chi connectivity index (χ3v) is 6.88. The molecule has 2 atom stereocenters. The van der Waals surface area contributed by atoms with Crippen molar-refractivity contribution in [2.75, 3.05) is 12.4 Å². The van der Waals surface area contributed by atoms with E-state index in [1.54, 1.807) is 0 Å². The van der Waals surface area contributed by atoms with Gasteiger partial charge >= 0.3 is 0 Å². The Morgan fingerprint density at radius 3 is 2.36 bits per heavy atom. The van der Waals surface area contributed by atoms with E-state index < -0.39 is 10.0 Å². The Balaban J connectivity index is 1.55. The average molecular weight is 366 g/mol. The fraction of sp³-hybridized carbons (Fsp3) is 0.700. The monoisotopic (exact) mass is 365 g/mol. The molecule has 3 rings (SSSR count). The van der Waals surface area contributed by atoms with E-state index in [-0.39, 0.29) is 17.7 Å². The van der Waals surface area contributed by atoms with Gasteiger partial charge in [-0.05, 0) is 50.0 Å². The quantitative estimate of drug-likeness (QED) is 0.721. The van der Waals surface area contributed by atoms with Crippen molar-refractivity contribution in [3.05, 3.63) is 35.4 Å². The van der Waals surface area contributed by atoms with Gasteiger partial charge in [0, 0.05) is 6.04 Å². The van der Waals surface area contributed by atoms with Crippen molar-refractivity contribution >= 4 is 10.0 Å². The van der Waals surface area contributed by atoms with Crippen molar-refractivity contribution in [2.45, 2.75) is 64.5 Å². The highest BCUT2D eigenvalue weighted by Gasteiger charge is 2.35. The summed E-state index contributed by atoms with van der Waals surface area (Å²) in [6.07, 6.45) is 7.24. The molecule has 2 unspecified atom stereocenters. The summed E-state index contributed by atoms with van der Waals surface area (Å²) < 4.78 is 34.2. The van der Waals surface area contributed by atoms with Gasteiger partial charge in [-0.1, -0.05) is 49.6 Å². The SMILES string of the molecule is Cc1ccc(C(NS(=O)(=O)CC(C)COC2CCCC2)C2CC2)cc1. The molecule has 5 heteroatoms. The molecule has 0 heterocycles. The van der Waals surface area contributed by atoms with Crippen molar-refractivity contribution in [3.63, 3.8) is 0 Å². The maximum Gasteiger partial charge on any atom is 0.212 e. The Morgan fingerprint density at radius 2 is 1.76 bits per heavy atom. The largest absolute Gasteiger partial charge is 0.378 e. The second-order valence-corrected chi connectivity index (χ2v) is 9.77. The molecular formula is C20H31NO3S. The van der Waals surface area contributed by atoms with Crippen LogP contribution < -0.4 is 4.72 Å². The second-order valence-electron chi connectivity index (χ2n) is 7.97. The highest BCUT2D eigenvalue weighted by molar-refractivity contribution is 7.89. The van der Waals surface area contributed by atoms with Gasteiger partial charge < -0.3 is 4.74 Å². The number of nitrogens with one attached hydrogen (secondary N) is 1. The minimum atomic E-state index is -3.32.